The standard InChI is InChI=1S/C13H14Cl2FNO2/c1-8-7-19-9(5-14)6-17(8)13(18)12-10(15)3-2-4-11(12)16/h2-4,8-9H,5-7H2,1H3. The fraction of sp³-hybridized carbons (Fsp3) is 0.462. The van der Waals surface area contributed by atoms with Gasteiger partial charge >= 0.3 is 0 Å². The molecule has 1 heterocycles. The largest absolute Gasteiger partial charge is 0.373 e. The molecule has 6 heteroatoms. The van der Waals surface area contributed by atoms with Gasteiger partial charge in [-0.3, -0.25) is 4.79 Å². The zero-order chi connectivity index (χ0) is 14.0. The number of rotatable bonds is 2. The Morgan fingerprint density at radius 3 is 2.95 bits per heavy atom. The highest BCUT2D eigenvalue weighted by atomic mass is 35.5. The summed E-state index contributed by atoms with van der Waals surface area (Å²) in [5.41, 5.74) is -0.0914. The SMILES string of the molecule is CC1COC(CCl)CN1C(=O)c1c(F)cccc1Cl. The van der Waals surface area contributed by atoms with Crippen LogP contribution in [0.5, 0.6) is 0 Å². The van der Waals surface area contributed by atoms with E-state index in [1.807, 2.05) is 6.92 Å². The highest BCUT2D eigenvalue weighted by Crippen LogP contribution is 2.23. The molecule has 1 saturated heterocycles. The zero-order valence-electron chi connectivity index (χ0n) is 10.4. The first-order valence-corrected chi connectivity index (χ1v) is 6.88. The van der Waals surface area contributed by atoms with Crippen LogP contribution >= 0.6 is 23.2 Å². The van der Waals surface area contributed by atoms with Gasteiger partial charge in [0.15, 0.2) is 0 Å². The molecule has 0 radical (unpaired) electrons. The Hall–Kier alpha value is -0.840. The number of morpholine rings is 1. The molecule has 19 heavy (non-hydrogen) atoms. The number of benzene rings is 1. The zero-order valence-corrected chi connectivity index (χ0v) is 11.9. The van der Waals surface area contributed by atoms with Crippen molar-refractivity contribution >= 4 is 29.1 Å². The molecule has 104 valence electrons. The van der Waals surface area contributed by atoms with Crippen molar-refractivity contribution in [1.82, 2.24) is 4.90 Å². The lowest BCUT2D eigenvalue weighted by atomic mass is 10.1. The van der Waals surface area contributed by atoms with Gasteiger partial charge in [-0.15, -0.1) is 11.6 Å². The second kappa shape index (κ2) is 6.07. The second-order valence-corrected chi connectivity index (χ2v) is 5.23. The predicted octanol–water partition coefficient (Wildman–Crippen LogP) is 2.95. The number of carbonyl (C=O) groups excluding carboxylic acids is 1. The Labute approximate surface area is 121 Å². The monoisotopic (exact) mass is 305 g/mol. The average molecular weight is 306 g/mol. The molecule has 0 saturated carbocycles. The Kier molecular flexibility index (Phi) is 4.66. The van der Waals surface area contributed by atoms with Gasteiger partial charge in [0.1, 0.15) is 5.82 Å². The van der Waals surface area contributed by atoms with Crippen LogP contribution in [0, 0.1) is 5.82 Å². The van der Waals surface area contributed by atoms with Crippen LogP contribution in [0.1, 0.15) is 17.3 Å². The lowest BCUT2D eigenvalue weighted by Crippen LogP contribution is -2.51. The molecule has 1 amide bonds. The number of amides is 1. The number of nitrogens with zero attached hydrogens (tertiary/aromatic N) is 1. The summed E-state index contributed by atoms with van der Waals surface area (Å²) in [5.74, 6) is -0.741. The van der Waals surface area contributed by atoms with Gasteiger partial charge in [-0.05, 0) is 19.1 Å². The Balaban J connectivity index is 2.27. The maximum absolute atomic E-state index is 13.8. The van der Waals surface area contributed by atoms with E-state index < -0.39 is 11.7 Å². The molecule has 1 aromatic rings. The van der Waals surface area contributed by atoms with Crippen LogP contribution < -0.4 is 0 Å². The molecule has 0 spiro atoms. The third kappa shape index (κ3) is 3.02. The van der Waals surface area contributed by atoms with Crippen molar-refractivity contribution in [3.05, 3.63) is 34.6 Å². The van der Waals surface area contributed by atoms with E-state index in [9.17, 15) is 9.18 Å². The van der Waals surface area contributed by atoms with Gasteiger partial charge < -0.3 is 9.64 Å². The van der Waals surface area contributed by atoms with Crippen molar-refractivity contribution in [1.29, 1.82) is 0 Å². The van der Waals surface area contributed by atoms with E-state index in [-0.39, 0.29) is 22.7 Å². The van der Waals surface area contributed by atoms with Crippen LogP contribution in [0.3, 0.4) is 0 Å². The number of alkyl halides is 1. The number of carbonyl (C=O) groups is 1. The van der Waals surface area contributed by atoms with Gasteiger partial charge in [0.2, 0.25) is 0 Å². The summed E-state index contributed by atoms with van der Waals surface area (Å²) in [4.78, 5) is 14.0. The molecule has 2 atom stereocenters. The molecule has 1 aliphatic rings. The summed E-state index contributed by atoms with van der Waals surface area (Å²) in [7, 11) is 0. The molecule has 1 aliphatic heterocycles. The molecule has 1 fully saturated rings. The minimum atomic E-state index is -0.612. The smallest absolute Gasteiger partial charge is 0.258 e. The van der Waals surface area contributed by atoms with E-state index in [2.05, 4.69) is 0 Å². The summed E-state index contributed by atoms with van der Waals surface area (Å²) in [6, 6.07) is 4.06. The minimum Gasteiger partial charge on any atom is -0.373 e. The van der Waals surface area contributed by atoms with E-state index in [0.29, 0.717) is 19.0 Å². The molecule has 3 nitrogen and oxygen atoms in total. The van der Waals surface area contributed by atoms with Crippen molar-refractivity contribution in [2.45, 2.75) is 19.1 Å². The average Bonchev–Trinajstić information content (AvgIpc) is 2.39. The van der Waals surface area contributed by atoms with Gasteiger partial charge in [0.05, 0.1) is 35.2 Å². The minimum absolute atomic E-state index is 0.0914. The van der Waals surface area contributed by atoms with Crippen molar-refractivity contribution < 1.29 is 13.9 Å². The first-order valence-electron chi connectivity index (χ1n) is 5.97. The van der Waals surface area contributed by atoms with Gasteiger partial charge in [-0.1, -0.05) is 17.7 Å². The molecule has 0 N–H and O–H groups in total. The quantitative estimate of drug-likeness (QED) is 0.786. The van der Waals surface area contributed by atoms with Crippen LogP contribution in [-0.2, 0) is 4.74 Å². The van der Waals surface area contributed by atoms with Gasteiger partial charge in [-0.25, -0.2) is 4.39 Å². The van der Waals surface area contributed by atoms with E-state index in [4.69, 9.17) is 27.9 Å². The van der Waals surface area contributed by atoms with E-state index in [1.165, 1.54) is 18.2 Å². The van der Waals surface area contributed by atoms with Crippen LogP contribution in [-0.4, -0.2) is 42.0 Å². The second-order valence-electron chi connectivity index (χ2n) is 4.51. The predicted molar refractivity (Wildman–Crippen MR) is 72.4 cm³/mol. The Bertz CT molecular complexity index is 463. The Morgan fingerprint density at radius 2 is 2.32 bits per heavy atom. The number of hydrogen-bond acceptors (Lipinski definition) is 2. The first kappa shape index (κ1) is 14.6. The maximum atomic E-state index is 13.8. The lowest BCUT2D eigenvalue weighted by Gasteiger charge is -2.37. The molecular formula is C13H14Cl2FNO2. The van der Waals surface area contributed by atoms with Gasteiger partial charge in [0.25, 0.3) is 5.91 Å². The molecular weight excluding hydrogens is 292 g/mol. The number of ether oxygens (including phenoxy) is 1. The maximum Gasteiger partial charge on any atom is 0.258 e. The number of halogens is 3. The fourth-order valence-corrected chi connectivity index (χ4v) is 2.47. The fourth-order valence-electron chi connectivity index (χ4n) is 2.04. The van der Waals surface area contributed by atoms with E-state index >= 15 is 0 Å². The summed E-state index contributed by atoms with van der Waals surface area (Å²) in [6.45, 7) is 2.57. The summed E-state index contributed by atoms with van der Waals surface area (Å²) >= 11 is 11.7. The van der Waals surface area contributed by atoms with Crippen molar-refractivity contribution in [3.63, 3.8) is 0 Å². The van der Waals surface area contributed by atoms with E-state index in [0.717, 1.165) is 0 Å². The summed E-state index contributed by atoms with van der Waals surface area (Å²) < 4.78 is 19.2. The van der Waals surface area contributed by atoms with E-state index in [1.54, 1.807) is 4.90 Å². The number of hydrogen-bond donors (Lipinski definition) is 0. The molecule has 2 rings (SSSR count). The molecule has 2 unspecified atom stereocenters. The first-order chi connectivity index (χ1) is 9.04. The summed E-state index contributed by atoms with van der Waals surface area (Å²) in [5, 5.41) is 0.117. The van der Waals surface area contributed by atoms with Crippen molar-refractivity contribution in [2.75, 3.05) is 19.0 Å². The molecule has 0 bridgehead atoms. The third-order valence-corrected chi connectivity index (χ3v) is 3.77. The van der Waals surface area contributed by atoms with Crippen LogP contribution in [0.2, 0.25) is 5.02 Å². The normalized spacial score (nSPS) is 23.5. The molecule has 1 aromatic carbocycles. The molecule has 0 aliphatic carbocycles. The van der Waals surface area contributed by atoms with Crippen molar-refractivity contribution in [2.24, 2.45) is 0 Å². The van der Waals surface area contributed by atoms with Gasteiger partial charge in [0, 0.05) is 6.54 Å². The Morgan fingerprint density at radius 1 is 1.58 bits per heavy atom. The third-order valence-electron chi connectivity index (χ3n) is 3.12. The van der Waals surface area contributed by atoms with Crippen molar-refractivity contribution in [3.8, 4) is 0 Å². The van der Waals surface area contributed by atoms with Crippen LogP contribution in [0.25, 0.3) is 0 Å². The lowest BCUT2D eigenvalue weighted by molar-refractivity contribution is -0.0373. The van der Waals surface area contributed by atoms with Crippen LogP contribution in [0.15, 0.2) is 18.2 Å². The summed E-state index contributed by atoms with van der Waals surface area (Å²) in [6.07, 6.45) is -0.229. The highest BCUT2D eigenvalue weighted by Gasteiger charge is 2.32. The highest BCUT2D eigenvalue weighted by molar-refractivity contribution is 6.33. The van der Waals surface area contributed by atoms with Crippen LogP contribution in [0.4, 0.5) is 4.39 Å². The van der Waals surface area contributed by atoms with Gasteiger partial charge in [-0.2, -0.15) is 0 Å². The molecule has 0 aromatic heterocycles. The topological polar surface area (TPSA) is 29.5 Å².